The average molecular weight is 953 g/mol. The Balaban J connectivity index is 1.23. The fourth-order valence-electron chi connectivity index (χ4n) is 11.2. The smallest absolute Gasteiger partial charge is 0.0561 e. The molecular formula is C72H60N2. The second kappa shape index (κ2) is 18.7. The van der Waals surface area contributed by atoms with Crippen LogP contribution in [0.5, 0.6) is 0 Å². The van der Waals surface area contributed by atoms with E-state index in [-0.39, 0.29) is 5.41 Å². The quantitative estimate of drug-likeness (QED) is 0.126. The highest BCUT2D eigenvalue weighted by molar-refractivity contribution is 6.29. The molecule has 2 nitrogen and oxygen atoms in total. The molecule has 0 N–H and O–H groups in total. The highest BCUT2D eigenvalue weighted by atomic mass is 15.2. The molecule has 0 spiro atoms. The van der Waals surface area contributed by atoms with Crippen molar-refractivity contribution in [3.05, 3.63) is 264 Å². The summed E-state index contributed by atoms with van der Waals surface area (Å²) in [4.78, 5) is 5.10. The van der Waals surface area contributed by atoms with Crippen LogP contribution in [0, 0.1) is 27.7 Å². The highest BCUT2D eigenvalue weighted by Gasteiger charge is 2.28. The summed E-state index contributed by atoms with van der Waals surface area (Å²) in [6.07, 6.45) is 0. The molecule has 0 aliphatic carbocycles. The molecule has 0 aromatic heterocycles. The van der Waals surface area contributed by atoms with Crippen molar-refractivity contribution in [2.24, 2.45) is 0 Å². The van der Waals surface area contributed by atoms with Crippen molar-refractivity contribution in [2.45, 2.75) is 53.9 Å². The number of nitrogens with zero attached hydrogens (tertiary/aromatic N) is 2. The fourth-order valence-corrected chi connectivity index (χ4v) is 11.2. The minimum absolute atomic E-state index is 0.0266. The van der Waals surface area contributed by atoms with E-state index >= 15 is 0 Å². The second-order valence-electron chi connectivity index (χ2n) is 21.2. The number of hydrogen-bond donors (Lipinski definition) is 0. The Morgan fingerprint density at radius 2 is 0.703 bits per heavy atom. The summed E-state index contributed by atoms with van der Waals surface area (Å²) in [5.74, 6) is 0. The molecule has 12 aromatic rings. The maximum atomic E-state index is 2.55. The Bertz CT molecular complexity index is 3800. The molecule has 0 saturated heterocycles. The second-order valence-corrected chi connectivity index (χ2v) is 21.2. The third-order valence-corrected chi connectivity index (χ3v) is 15.3. The lowest BCUT2D eigenvalue weighted by Crippen LogP contribution is -2.16. The molecule has 0 unspecified atom stereocenters. The molecule has 0 atom stereocenters. The van der Waals surface area contributed by atoms with Crippen LogP contribution in [0.4, 0.5) is 34.1 Å². The Morgan fingerprint density at radius 1 is 0.284 bits per heavy atom. The molecular weight excluding hydrogens is 893 g/mol. The van der Waals surface area contributed by atoms with Crippen LogP contribution < -0.4 is 9.80 Å². The third-order valence-electron chi connectivity index (χ3n) is 15.3. The molecule has 74 heavy (non-hydrogen) atoms. The average Bonchev–Trinajstić information content (AvgIpc) is 3.42. The van der Waals surface area contributed by atoms with Crippen LogP contribution in [-0.4, -0.2) is 0 Å². The minimum Gasteiger partial charge on any atom is -0.309 e. The number of anilines is 6. The summed E-state index contributed by atoms with van der Waals surface area (Å²) in [5.41, 5.74) is 22.3. The van der Waals surface area contributed by atoms with E-state index in [2.05, 4.69) is 295 Å². The van der Waals surface area contributed by atoms with Gasteiger partial charge in [0.25, 0.3) is 0 Å². The third kappa shape index (κ3) is 8.37. The topological polar surface area (TPSA) is 6.48 Å². The van der Waals surface area contributed by atoms with Gasteiger partial charge in [0.05, 0.1) is 11.4 Å². The summed E-state index contributed by atoms with van der Waals surface area (Å²) in [6, 6.07) is 88.2. The predicted octanol–water partition coefficient (Wildman–Crippen LogP) is 20.7. The summed E-state index contributed by atoms with van der Waals surface area (Å²) >= 11 is 0. The Kier molecular flexibility index (Phi) is 11.7. The SMILES string of the molecule is Cc1ccccc1-c1ccc(C)c(N(c2cccc(-c3ccccc3)c2)c2cc(N(c3cccc(-c4ccccc4)c3)c3cc(-c4ccccc4C)ccc3C)c3ccc4cc(C(C)(C)C)cc5ccc2c3c54)c1. The predicted molar refractivity (Wildman–Crippen MR) is 319 cm³/mol. The van der Waals surface area contributed by atoms with Gasteiger partial charge in [-0.25, -0.2) is 0 Å². The van der Waals surface area contributed by atoms with Crippen LogP contribution in [-0.2, 0) is 5.41 Å². The normalized spacial score (nSPS) is 11.7. The Hall–Kier alpha value is -8.72. The molecule has 0 aliphatic heterocycles. The summed E-state index contributed by atoms with van der Waals surface area (Å²) in [7, 11) is 0. The summed E-state index contributed by atoms with van der Waals surface area (Å²) in [5, 5.41) is 7.42. The molecule has 0 radical (unpaired) electrons. The molecule has 0 amide bonds. The fraction of sp³-hybridized carbons (Fsp3) is 0.111. The maximum absolute atomic E-state index is 2.55. The van der Waals surface area contributed by atoms with Crippen LogP contribution in [0.15, 0.2) is 237 Å². The van der Waals surface area contributed by atoms with Gasteiger partial charge in [0.1, 0.15) is 0 Å². The number of rotatable bonds is 10. The highest BCUT2D eigenvalue weighted by Crippen LogP contribution is 2.52. The molecule has 0 heterocycles. The number of hydrogen-bond acceptors (Lipinski definition) is 2. The molecule has 358 valence electrons. The van der Waals surface area contributed by atoms with E-state index in [0.29, 0.717) is 0 Å². The van der Waals surface area contributed by atoms with Gasteiger partial charge in [0, 0.05) is 38.9 Å². The van der Waals surface area contributed by atoms with Gasteiger partial charge in [0.2, 0.25) is 0 Å². The molecule has 12 aromatic carbocycles. The lowest BCUT2D eigenvalue weighted by atomic mass is 9.83. The van der Waals surface area contributed by atoms with Crippen molar-refractivity contribution in [2.75, 3.05) is 9.80 Å². The van der Waals surface area contributed by atoms with Gasteiger partial charge in [0.15, 0.2) is 0 Å². The van der Waals surface area contributed by atoms with E-state index in [1.807, 2.05) is 0 Å². The lowest BCUT2D eigenvalue weighted by molar-refractivity contribution is 0.591. The number of aryl methyl sites for hydroxylation is 4. The van der Waals surface area contributed by atoms with Gasteiger partial charge in [-0.1, -0.05) is 215 Å². The molecule has 0 bridgehead atoms. The van der Waals surface area contributed by atoms with E-state index in [1.165, 1.54) is 93.5 Å². The standard InChI is InChI=1S/C72H60N2/c1-47-20-14-16-30-62(47)55-34-32-49(3)66(44-55)73(60-28-18-26-53(42-60)51-22-10-8-11-23-51)68-46-69(65-39-37-58-41-59(72(5,6)7)40-57-36-38-64(68)71(65)70(57)58)74(61-29-19-27-54(43-61)52-24-12-9-13-25-52)67-45-56(35-33-50(67)4)63-31-17-15-21-48(63)2/h8-46H,1-7H3. The minimum atomic E-state index is -0.0266. The summed E-state index contributed by atoms with van der Waals surface area (Å²) in [6.45, 7) is 15.9. The Labute approximate surface area is 436 Å². The molecule has 0 aliphatic rings. The van der Waals surface area contributed by atoms with Gasteiger partial charge in [-0.3, -0.25) is 0 Å². The number of benzene rings is 12. The van der Waals surface area contributed by atoms with E-state index in [9.17, 15) is 0 Å². The zero-order chi connectivity index (χ0) is 50.7. The first-order valence-electron chi connectivity index (χ1n) is 26.0. The van der Waals surface area contributed by atoms with Crippen molar-refractivity contribution < 1.29 is 0 Å². The van der Waals surface area contributed by atoms with Crippen LogP contribution >= 0.6 is 0 Å². The van der Waals surface area contributed by atoms with Gasteiger partial charge >= 0.3 is 0 Å². The monoisotopic (exact) mass is 952 g/mol. The molecule has 0 fully saturated rings. The van der Waals surface area contributed by atoms with E-state index in [4.69, 9.17) is 0 Å². The largest absolute Gasteiger partial charge is 0.309 e. The zero-order valence-electron chi connectivity index (χ0n) is 43.4. The molecule has 2 heteroatoms. The molecule has 0 saturated carbocycles. The van der Waals surface area contributed by atoms with Gasteiger partial charge in [-0.15, -0.1) is 0 Å². The van der Waals surface area contributed by atoms with Crippen molar-refractivity contribution in [3.63, 3.8) is 0 Å². The van der Waals surface area contributed by atoms with Crippen LogP contribution in [0.1, 0.15) is 48.6 Å². The first kappa shape index (κ1) is 46.4. The maximum Gasteiger partial charge on any atom is 0.0561 e. The van der Waals surface area contributed by atoms with Gasteiger partial charge in [-0.2, -0.15) is 0 Å². The van der Waals surface area contributed by atoms with Crippen LogP contribution in [0.2, 0.25) is 0 Å². The van der Waals surface area contributed by atoms with Crippen molar-refractivity contribution in [1.29, 1.82) is 0 Å². The lowest BCUT2D eigenvalue weighted by Gasteiger charge is -2.34. The first-order chi connectivity index (χ1) is 36.0. The van der Waals surface area contributed by atoms with Crippen molar-refractivity contribution in [3.8, 4) is 44.5 Å². The van der Waals surface area contributed by atoms with E-state index in [0.717, 1.165) is 45.3 Å². The van der Waals surface area contributed by atoms with Gasteiger partial charge < -0.3 is 9.80 Å². The van der Waals surface area contributed by atoms with Crippen LogP contribution in [0.25, 0.3) is 76.8 Å². The Morgan fingerprint density at radius 3 is 1.14 bits per heavy atom. The zero-order valence-corrected chi connectivity index (χ0v) is 43.4. The van der Waals surface area contributed by atoms with Gasteiger partial charge in [-0.05, 0) is 164 Å². The van der Waals surface area contributed by atoms with Crippen molar-refractivity contribution >= 4 is 66.4 Å². The van der Waals surface area contributed by atoms with Crippen molar-refractivity contribution in [1.82, 2.24) is 0 Å². The van der Waals surface area contributed by atoms with Crippen LogP contribution in [0.3, 0.4) is 0 Å². The summed E-state index contributed by atoms with van der Waals surface area (Å²) < 4.78 is 0. The van der Waals surface area contributed by atoms with E-state index in [1.54, 1.807) is 0 Å². The first-order valence-corrected chi connectivity index (χ1v) is 26.0. The molecule has 12 rings (SSSR count). The van der Waals surface area contributed by atoms with E-state index < -0.39 is 0 Å².